The van der Waals surface area contributed by atoms with Gasteiger partial charge in [0.25, 0.3) is 0 Å². The fourth-order valence-corrected chi connectivity index (χ4v) is 3.80. The summed E-state index contributed by atoms with van der Waals surface area (Å²) >= 11 is 1.46. The van der Waals surface area contributed by atoms with Gasteiger partial charge in [-0.25, -0.2) is 4.99 Å². The predicted octanol–water partition coefficient (Wildman–Crippen LogP) is 4.61. The molecule has 0 radical (unpaired) electrons. The van der Waals surface area contributed by atoms with Crippen molar-refractivity contribution in [3.63, 3.8) is 0 Å². The molecule has 2 N–H and O–H groups in total. The summed E-state index contributed by atoms with van der Waals surface area (Å²) in [5.74, 6) is 0.726. The van der Waals surface area contributed by atoms with Crippen LogP contribution in [0.3, 0.4) is 0 Å². The molecule has 1 aliphatic carbocycles. The van der Waals surface area contributed by atoms with Crippen LogP contribution in [0.15, 0.2) is 40.8 Å². The van der Waals surface area contributed by atoms with Crippen LogP contribution in [0.25, 0.3) is 10.9 Å². The number of nitrogens with one attached hydrogen (secondary N) is 2. The Morgan fingerprint density at radius 3 is 2.81 bits per heavy atom. The second kappa shape index (κ2) is 7.78. The summed E-state index contributed by atoms with van der Waals surface area (Å²) in [7, 11) is 0. The van der Waals surface area contributed by atoms with Gasteiger partial charge in [-0.05, 0) is 31.9 Å². The van der Waals surface area contributed by atoms with Crippen molar-refractivity contribution in [2.24, 2.45) is 4.99 Å². The summed E-state index contributed by atoms with van der Waals surface area (Å²) in [6.45, 7) is 2.01. The van der Waals surface area contributed by atoms with Crippen LogP contribution in [-0.4, -0.2) is 27.2 Å². The summed E-state index contributed by atoms with van der Waals surface area (Å²) in [5, 5.41) is 16.6. The van der Waals surface area contributed by atoms with Crippen molar-refractivity contribution < 1.29 is 0 Å². The Balaban J connectivity index is 1.67. The average Bonchev–Trinajstić information content (AvgIpc) is 3.15. The lowest BCUT2D eigenvalue weighted by Crippen LogP contribution is -2.26. The van der Waals surface area contributed by atoms with E-state index < -0.39 is 0 Å². The molecule has 1 fully saturated rings. The lowest BCUT2D eigenvalue weighted by molar-refractivity contribution is 0.443. The van der Waals surface area contributed by atoms with Crippen molar-refractivity contribution >= 4 is 39.0 Å². The van der Waals surface area contributed by atoms with Crippen LogP contribution >= 0.6 is 11.3 Å². The van der Waals surface area contributed by atoms with Crippen LogP contribution in [0, 0.1) is 6.92 Å². The molecule has 0 spiro atoms. The number of aliphatic imine (C=N–C) groups is 1. The van der Waals surface area contributed by atoms with E-state index in [-0.39, 0.29) is 0 Å². The number of rotatable bonds is 3. The summed E-state index contributed by atoms with van der Waals surface area (Å²) in [5.41, 5.74) is 4.66. The van der Waals surface area contributed by atoms with E-state index in [0.717, 1.165) is 46.2 Å². The van der Waals surface area contributed by atoms with E-state index in [1.165, 1.54) is 30.6 Å². The molecule has 2 aromatic heterocycles. The maximum absolute atomic E-state index is 4.96. The molecule has 0 bridgehead atoms. The molecule has 1 aromatic carbocycles. The highest BCUT2D eigenvalue weighted by molar-refractivity contribution is 7.13. The van der Waals surface area contributed by atoms with Gasteiger partial charge in [-0.15, -0.1) is 10.2 Å². The monoisotopic (exact) mass is 366 g/mol. The van der Waals surface area contributed by atoms with Crippen LogP contribution in [0.2, 0.25) is 0 Å². The number of guanidine groups is 1. The summed E-state index contributed by atoms with van der Waals surface area (Å²) in [6.07, 6.45) is 6.08. The third-order valence-corrected chi connectivity index (χ3v) is 5.18. The molecule has 3 aromatic rings. The largest absolute Gasteiger partial charge is 0.325 e. The van der Waals surface area contributed by atoms with Gasteiger partial charge in [0, 0.05) is 11.1 Å². The highest BCUT2D eigenvalue weighted by atomic mass is 32.1. The molecule has 134 valence electrons. The number of nitrogens with zero attached hydrogens (tertiary/aromatic N) is 4. The minimum Gasteiger partial charge on any atom is -0.325 e. The van der Waals surface area contributed by atoms with Crippen molar-refractivity contribution in [1.82, 2.24) is 15.2 Å². The second-order valence-electron chi connectivity index (χ2n) is 6.59. The van der Waals surface area contributed by atoms with E-state index >= 15 is 0 Å². The molecule has 1 saturated carbocycles. The fourth-order valence-electron chi connectivity index (χ4n) is 3.36. The lowest BCUT2D eigenvalue weighted by Gasteiger charge is -2.20. The standard InChI is InChI=1S/C19H22N6S/c1-13-11-17(15-9-5-6-10-16(15)21-13)23-18(24-19-25-20-12-26-19)22-14-7-3-2-4-8-14/h5-6,9-12,14H,2-4,7-8H2,1H3,(H2,21,22,23,24,25). The van der Waals surface area contributed by atoms with Crippen LogP contribution in [-0.2, 0) is 0 Å². The van der Waals surface area contributed by atoms with Gasteiger partial charge < -0.3 is 10.6 Å². The first-order chi connectivity index (χ1) is 12.8. The first-order valence-electron chi connectivity index (χ1n) is 9.02. The van der Waals surface area contributed by atoms with Crippen molar-refractivity contribution in [2.45, 2.75) is 45.1 Å². The molecular formula is C19H22N6S. The predicted molar refractivity (Wildman–Crippen MR) is 108 cm³/mol. The van der Waals surface area contributed by atoms with Gasteiger partial charge in [-0.1, -0.05) is 48.8 Å². The smallest absolute Gasteiger partial charge is 0.212 e. The Morgan fingerprint density at radius 1 is 1.15 bits per heavy atom. The summed E-state index contributed by atoms with van der Waals surface area (Å²) in [6, 6.07) is 10.5. The average molecular weight is 366 g/mol. The molecule has 0 unspecified atom stereocenters. The Kier molecular flexibility index (Phi) is 5.06. The zero-order valence-electron chi connectivity index (χ0n) is 14.8. The number of aryl methyl sites for hydroxylation is 1. The molecule has 26 heavy (non-hydrogen) atoms. The van der Waals surface area contributed by atoms with Crippen LogP contribution < -0.4 is 10.6 Å². The first-order valence-corrected chi connectivity index (χ1v) is 9.90. The van der Waals surface area contributed by atoms with Gasteiger partial charge in [0.1, 0.15) is 5.51 Å². The van der Waals surface area contributed by atoms with Crippen molar-refractivity contribution in [2.75, 3.05) is 10.6 Å². The van der Waals surface area contributed by atoms with E-state index in [2.05, 4.69) is 37.9 Å². The Hall–Kier alpha value is -2.54. The Morgan fingerprint density at radius 2 is 2.00 bits per heavy atom. The summed E-state index contributed by atoms with van der Waals surface area (Å²) < 4.78 is 0. The molecule has 4 rings (SSSR count). The molecule has 0 amide bonds. The minimum absolute atomic E-state index is 0.348. The van der Waals surface area contributed by atoms with Crippen molar-refractivity contribution in [3.8, 4) is 0 Å². The molecule has 0 aliphatic heterocycles. The molecule has 0 saturated heterocycles. The molecule has 7 heteroatoms. The number of fused-ring (bicyclic) bond motifs is 1. The Bertz CT molecular complexity index is 900. The maximum Gasteiger partial charge on any atom is 0.212 e. The topological polar surface area (TPSA) is 75.1 Å². The third kappa shape index (κ3) is 3.99. The number of anilines is 2. The highest BCUT2D eigenvalue weighted by Crippen LogP contribution is 2.25. The Labute approximate surface area is 156 Å². The molecule has 6 nitrogen and oxygen atoms in total. The van der Waals surface area contributed by atoms with Gasteiger partial charge >= 0.3 is 0 Å². The zero-order chi connectivity index (χ0) is 17.8. The molecule has 0 atom stereocenters. The quantitative estimate of drug-likeness (QED) is 0.523. The minimum atomic E-state index is 0.348. The van der Waals surface area contributed by atoms with Gasteiger partial charge in [0.2, 0.25) is 11.1 Å². The normalized spacial score (nSPS) is 16.0. The number of hydrogen-bond acceptors (Lipinski definition) is 5. The van der Waals surface area contributed by atoms with E-state index in [0.29, 0.717) is 6.04 Å². The van der Waals surface area contributed by atoms with E-state index in [1.807, 2.05) is 25.1 Å². The van der Waals surface area contributed by atoms with Gasteiger partial charge in [0.15, 0.2) is 0 Å². The molecular weight excluding hydrogens is 344 g/mol. The van der Waals surface area contributed by atoms with Crippen molar-refractivity contribution in [1.29, 1.82) is 0 Å². The van der Waals surface area contributed by atoms with Crippen LogP contribution in [0.4, 0.5) is 10.8 Å². The van der Waals surface area contributed by atoms with E-state index in [9.17, 15) is 0 Å². The van der Waals surface area contributed by atoms with E-state index in [4.69, 9.17) is 4.99 Å². The number of para-hydroxylation sites is 1. The van der Waals surface area contributed by atoms with Gasteiger partial charge in [0.05, 0.1) is 17.2 Å². The molecule has 1 aliphatic rings. The van der Waals surface area contributed by atoms with Gasteiger partial charge in [-0.2, -0.15) is 0 Å². The van der Waals surface area contributed by atoms with Crippen LogP contribution in [0.5, 0.6) is 0 Å². The number of aromatic nitrogens is 3. The zero-order valence-corrected chi connectivity index (χ0v) is 15.6. The maximum atomic E-state index is 4.96. The number of pyridine rings is 1. The lowest BCUT2D eigenvalue weighted by atomic mass is 9.96. The van der Waals surface area contributed by atoms with E-state index in [1.54, 1.807) is 5.51 Å². The van der Waals surface area contributed by atoms with Crippen molar-refractivity contribution in [3.05, 3.63) is 41.5 Å². The summed E-state index contributed by atoms with van der Waals surface area (Å²) in [4.78, 5) is 9.57. The number of benzene rings is 1. The first kappa shape index (κ1) is 16.9. The highest BCUT2D eigenvalue weighted by Gasteiger charge is 2.15. The molecule has 2 heterocycles. The fraction of sp³-hybridized carbons (Fsp3) is 0.368. The number of hydrogen-bond donors (Lipinski definition) is 2. The third-order valence-electron chi connectivity index (χ3n) is 4.57. The van der Waals surface area contributed by atoms with Crippen LogP contribution in [0.1, 0.15) is 37.8 Å². The second-order valence-corrected chi connectivity index (χ2v) is 7.42. The van der Waals surface area contributed by atoms with Gasteiger partial charge in [-0.3, -0.25) is 4.98 Å². The SMILES string of the molecule is Cc1cc(NC(=NC2CCCCC2)Nc2nncs2)c2ccccc2n1.